The van der Waals surface area contributed by atoms with Crippen LogP contribution < -0.4 is 4.74 Å². The van der Waals surface area contributed by atoms with Crippen molar-refractivity contribution in [2.45, 2.75) is 6.92 Å². The van der Waals surface area contributed by atoms with E-state index in [9.17, 15) is 0 Å². The van der Waals surface area contributed by atoms with E-state index in [1.54, 1.807) is 7.11 Å². The van der Waals surface area contributed by atoms with Gasteiger partial charge in [0, 0.05) is 17.1 Å². The lowest BCUT2D eigenvalue weighted by molar-refractivity contribution is 0.417. The van der Waals surface area contributed by atoms with Gasteiger partial charge in [0.25, 0.3) is 0 Å². The second-order valence-corrected chi connectivity index (χ2v) is 5.33. The van der Waals surface area contributed by atoms with Crippen LogP contribution in [0.15, 0.2) is 36.5 Å². The van der Waals surface area contributed by atoms with Gasteiger partial charge >= 0.3 is 0 Å². The van der Waals surface area contributed by atoms with Gasteiger partial charge in [-0.3, -0.25) is 0 Å². The highest BCUT2D eigenvalue weighted by Gasteiger charge is 2.13. The summed E-state index contributed by atoms with van der Waals surface area (Å²) in [6, 6.07) is 12.0. The second kappa shape index (κ2) is 4.95. The molecule has 0 saturated heterocycles. The Bertz CT molecular complexity index is 830. The van der Waals surface area contributed by atoms with E-state index < -0.39 is 0 Å². The molecule has 0 amide bonds. The summed E-state index contributed by atoms with van der Waals surface area (Å²) in [4.78, 5) is 0. The molecular formula is C16H12N2OS. The van der Waals surface area contributed by atoms with Crippen molar-refractivity contribution < 1.29 is 4.74 Å². The first-order chi connectivity index (χ1) is 9.74. The molecule has 4 heteroatoms. The van der Waals surface area contributed by atoms with Gasteiger partial charge in [0.2, 0.25) is 0 Å². The van der Waals surface area contributed by atoms with E-state index >= 15 is 0 Å². The predicted octanol–water partition coefficient (Wildman–Crippen LogP) is 4.15. The molecule has 3 aromatic rings. The number of methoxy groups -OCH3 is 1. The first kappa shape index (κ1) is 12.6. The molecule has 1 heterocycles. The molecule has 0 unspecified atom stereocenters. The zero-order valence-corrected chi connectivity index (χ0v) is 12.0. The normalized spacial score (nSPS) is 10.4. The molecule has 0 spiro atoms. The fourth-order valence-corrected chi connectivity index (χ4v) is 3.11. The van der Waals surface area contributed by atoms with Crippen molar-refractivity contribution in [3.63, 3.8) is 0 Å². The third-order valence-corrected chi connectivity index (χ3v) is 4.17. The van der Waals surface area contributed by atoms with Crippen LogP contribution in [0.5, 0.6) is 5.75 Å². The minimum atomic E-state index is 0.698. The van der Waals surface area contributed by atoms with Crippen molar-refractivity contribution >= 4 is 21.6 Å². The summed E-state index contributed by atoms with van der Waals surface area (Å²) in [5, 5.41) is 10.1. The average Bonchev–Trinajstić information content (AvgIpc) is 2.94. The number of rotatable bonds is 2. The monoisotopic (exact) mass is 280 g/mol. The predicted molar refractivity (Wildman–Crippen MR) is 81.1 cm³/mol. The fraction of sp³-hybridized carbons (Fsp3) is 0.125. The van der Waals surface area contributed by atoms with E-state index in [0.717, 1.165) is 32.5 Å². The van der Waals surface area contributed by atoms with Crippen LogP contribution in [0.2, 0.25) is 0 Å². The zero-order chi connectivity index (χ0) is 14.1. The van der Waals surface area contributed by atoms with Crippen molar-refractivity contribution in [3.05, 3.63) is 47.7 Å². The molecule has 0 aliphatic carbocycles. The highest BCUT2D eigenvalue weighted by atomic mass is 32.1. The number of benzene rings is 2. The standard InChI is InChI=1S/C16H12N2OS/c1-10-7-11(3-4-12(10)8-17)15-14(19-2)6-5-13-9-18-20-16(13)15/h3-7,9H,1-2H3. The number of nitriles is 1. The van der Waals surface area contributed by atoms with Gasteiger partial charge in [0.15, 0.2) is 0 Å². The molecule has 0 atom stereocenters. The molecule has 0 fully saturated rings. The lowest BCUT2D eigenvalue weighted by Crippen LogP contribution is -1.90. The molecule has 0 saturated carbocycles. The summed E-state index contributed by atoms with van der Waals surface area (Å²) < 4.78 is 10.8. The fourth-order valence-electron chi connectivity index (χ4n) is 2.30. The Morgan fingerprint density at radius 2 is 2.10 bits per heavy atom. The molecule has 0 N–H and O–H groups in total. The van der Waals surface area contributed by atoms with Gasteiger partial charge in [-0.1, -0.05) is 6.07 Å². The van der Waals surface area contributed by atoms with E-state index in [2.05, 4.69) is 10.4 Å². The van der Waals surface area contributed by atoms with Crippen LogP contribution in [-0.4, -0.2) is 11.5 Å². The van der Waals surface area contributed by atoms with Crippen molar-refractivity contribution in [1.82, 2.24) is 4.37 Å². The van der Waals surface area contributed by atoms with Crippen LogP contribution in [-0.2, 0) is 0 Å². The third-order valence-electron chi connectivity index (χ3n) is 3.34. The van der Waals surface area contributed by atoms with E-state index in [1.807, 2.05) is 43.5 Å². The van der Waals surface area contributed by atoms with Crippen LogP contribution >= 0.6 is 11.5 Å². The number of hydrogen-bond acceptors (Lipinski definition) is 4. The summed E-state index contributed by atoms with van der Waals surface area (Å²) in [5.41, 5.74) is 3.76. The topological polar surface area (TPSA) is 45.9 Å². The van der Waals surface area contributed by atoms with E-state index in [4.69, 9.17) is 10.00 Å². The smallest absolute Gasteiger partial charge is 0.128 e. The van der Waals surface area contributed by atoms with Gasteiger partial charge in [-0.25, -0.2) is 0 Å². The van der Waals surface area contributed by atoms with Gasteiger partial charge in [0.05, 0.1) is 23.4 Å². The lowest BCUT2D eigenvalue weighted by Gasteiger charge is -2.10. The summed E-state index contributed by atoms with van der Waals surface area (Å²) in [6.45, 7) is 1.95. The highest BCUT2D eigenvalue weighted by molar-refractivity contribution is 7.14. The van der Waals surface area contributed by atoms with Gasteiger partial charge < -0.3 is 4.74 Å². The van der Waals surface area contributed by atoms with Gasteiger partial charge in [-0.05, 0) is 53.8 Å². The number of aromatic nitrogens is 1. The number of aryl methyl sites for hydroxylation is 1. The Morgan fingerprint density at radius 3 is 2.80 bits per heavy atom. The summed E-state index contributed by atoms with van der Waals surface area (Å²) in [7, 11) is 1.67. The SMILES string of the molecule is COc1ccc2cnsc2c1-c1ccc(C#N)c(C)c1. The first-order valence-electron chi connectivity index (χ1n) is 6.17. The maximum Gasteiger partial charge on any atom is 0.128 e. The molecule has 0 bridgehead atoms. The van der Waals surface area contributed by atoms with Gasteiger partial charge in [-0.2, -0.15) is 9.64 Å². The minimum absolute atomic E-state index is 0.698. The highest BCUT2D eigenvalue weighted by Crippen LogP contribution is 2.39. The third kappa shape index (κ3) is 1.93. The molecule has 98 valence electrons. The Labute approximate surface area is 121 Å². The molecular weight excluding hydrogens is 268 g/mol. The summed E-state index contributed by atoms with van der Waals surface area (Å²) in [5.74, 6) is 0.825. The van der Waals surface area contributed by atoms with Crippen LogP contribution in [0.25, 0.3) is 21.2 Å². The molecule has 0 aliphatic heterocycles. The molecule has 2 aromatic carbocycles. The first-order valence-corrected chi connectivity index (χ1v) is 6.94. The Balaban J connectivity index is 2.30. The van der Waals surface area contributed by atoms with Crippen LogP contribution in [0, 0.1) is 18.3 Å². The lowest BCUT2D eigenvalue weighted by atomic mass is 9.99. The summed E-state index contributed by atoms with van der Waals surface area (Å²) in [6.07, 6.45) is 1.86. The maximum atomic E-state index is 9.04. The Kier molecular flexibility index (Phi) is 3.13. The minimum Gasteiger partial charge on any atom is -0.496 e. The van der Waals surface area contributed by atoms with E-state index in [-0.39, 0.29) is 0 Å². The average molecular weight is 280 g/mol. The van der Waals surface area contributed by atoms with Crippen molar-refractivity contribution in [1.29, 1.82) is 5.26 Å². The van der Waals surface area contributed by atoms with Crippen LogP contribution in [0.1, 0.15) is 11.1 Å². The van der Waals surface area contributed by atoms with Crippen LogP contribution in [0.3, 0.4) is 0 Å². The number of ether oxygens (including phenoxy) is 1. The van der Waals surface area contributed by atoms with Gasteiger partial charge in [-0.15, -0.1) is 0 Å². The van der Waals surface area contributed by atoms with Gasteiger partial charge in [0.1, 0.15) is 5.75 Å². The van der Waals surface area contributed by atoms with E-state index in [0.29, 0.717) is 5.56 Å². The quantitative estimate of drug-likeness (QED) is 0.708. The molecule has 3 rings (SSSR count). The Morgan fingerprint density at radius 1 is 1.25 bits per heavy atom. The van der Waals surface area contributed by atoms with Crippen molar-refractivity contribution in [2.24, 2.45) is 0 Å². The van der Waals surface area contributed by atoms with Crippen LogP contribution in [0.4, 0.5) is 0 Å². The molecule has 0 radical (unpaired) electrons. The second-order valence-electron chi connectivity index (χ2n) is 4.53. The maximum absolute atomic E-state index is 9.04. The van der Waals surface area contributed by atoms with Crippen molar-refractivity contribution in [3.8, 4) is 22.9 Å². The number of hydrogen-bond donors (Lipinski definition) is 0. The largest absolute Gasteiger partial charge is 0.496 e. The van der Waals surface area contributed by atoms with Crippen molar-refractivity contribution in [2.75, 3.05) is 7.11 Å². The van der Waals surface area contributed by atoms with E-state index in [1.165, 1.54) is 11.5 Å². The zero-order valence-electron chi connectivity index (χ0n) is 11.2. The number of nitrogens with zero attached hydrogens (tertiary/aromatic N) is 2. The molecule has 20 heavy (non-hydrogen) atoms. The summed E-state index contributed by atoms with van der Waals surface area (Å²) >= 11 is 1.46. The molecule has 3 nitrogen and oxygen atoms in total. The molecule has 0 aliphatic rings. The Hall–Kier alpha value is -2.38. The number of fused-ring (bicyclic) bond motifs is 1. The molecule has 1 aromatic heterocycles.